The van der Waals surface area contributed by atoms with Crippen molar-refractivity contribution in [3.63, 3.8) is 0 Å². The van der Waals surface area contributed by atoms with Crippen molar-refractivity contribution in [2.75, 3.05) is 11.9 Å². The third-order valence-corrected chi connectivity index (χ3v) is 9.71. The first-order valence-corrected chi connectivity index (χ1v) is 18.4. The molecule has 7 N–H and O–H groups in total. The van der Waals surface area contributed by atoms with Gasteiger partial charge in [0.1, 0.15) is 18.1 Å². The molecule has 0 spiro atoms. The van der Waals surface area contributed by atoms with Gasteiger partial charge >= 0.3 is 18.1 Å². The van der Waals surface area contributed by atoms with Crippen LogP contribution in [0.15, 0.2) is 71.9 Å². The number of carbonyl (C=O) groups excluding carboxylic acids is 4. The first kappa shape index (κ1) is 44.8. The van der Waals surface area contributed by atoms with Gasteiger partial charge < -0.3 is 31.5 Å². The summed E-state index contributed by atoms with van der Waals surface area (Å²) in [6.45, 7) is 4.32. The maximum absolute atomic E-state index is 13.6. The monoisotopic (exact) mass is 826 g/mol. The highest BCUT2D eigenvalue weighted by Crippen LogP contribution is 2.36. The largest absolute Gasteiger partial charge is 0.480 e. The van der Waals surface area contributed by atoms with Gasteiger partial charge in [-0.05, 0) is 72.0 Å². The fraction of sp³-hybridized carbons (Fsp3) is 0.343. The number of rotatable bonds is 17. The highest BCUT2D eigenvalue weighted by molar-refractivity contribution is 7.89. The predicted molar refractivity (Wildman–Crippen MR) is 194 cm³/mol. The Morgan fingerprint density at radius 1 is 0.839 bits per heavy atom. The van der Waals surface area contributed by atoms with Crippen LogP contribution < -0.4 is 26.0 Å². The summed E-state index contributed by atoms with van der Waals surface area (Å²) in [4.78, 5) is 78.5. The van der Waals surface area contributed by atoms with Crippen LogP contribution in [0.2, 0.25) is 5.02 Å². The molecule has 0 unspecified atom stereocenters. The molecule has 0 aliphatic heterocycles. The van der Waals surface area contributed by atoms with Crippen LogP contribution in [0.4, 0.5) is 18.9 Å². The Morgan fingerprint density at radius 3 is 2.02 bits per heavy atom. The number of halogens is 4. The van der Waals surface area contributed by atoms with Crippen LogP contribution in [-0.4, -0.2) is 83.9 Å². The lowest BCUT2D eigenvalue weighted by atomic mass is 9.85. The SMILES string of the molecule is CC(C)(C)[C@H](NC(=O)[C@H](Cc1ccncc1)NC(=O)CNC(=O)CC[C@H](NS(=O)(=O)c1ccc(Cl)c(C(F)(F)F)c1)C(=O)O)C(=O)Nc1ccc(C(=O)O)cc1. The zero-order valence-corrected chi connectivity index (χ0v) is 31.5. The van der Waals surface area contributed by atoms with Crippen LogP contribution in [0, 0.1) is 5.41 Å². The van der Waals surface area contributed by atoms with E-state index in [4.69, 9.17) is 16.7 Å². The number of aromatic carboxylic acids is 1. The third kappa shape index (κ3) is 13.3. The molecule has 0 bridgehead atoms. The number of sulfonamides is 1. The first-order chi connectivity index (χ1) is 26.0. The smallest absolute Gasteiger partial charge is 0.417 e. The average molecular weight is 827 g/mol. The van der Waals surface area contributed by atoms with Gasteiger partial charge in [-0.1, -0.05) is 32.4 Å². The fourth-order valence-corrected chi connectivity index (χ4v) is 6.43. The van der Waals surface area contributed by atoms with Crippen molar-refractivity contribution in [2.24, 2.45) is 5.41 Å². The summed E-state index contributed by atoms with van der Waals surface area (Å²) in [6, 6.07) is 5.72. The standard InChI is InChI=1S/C35H38ClF3N6O10S/c1-34(2,3)29(31(49)42-21-6-4-20(5-7-21)32(50)51)44-30(48)26(16-19-12-14-40-15-13-19)43-28(47)18-41-27(46)11-10-25(33(52)53)45-56(54,55)22-8-9-24(36)23(17-22)35(37,38)39/h4-9,12-15,17,25-26,29,45H,10-11,16,18H2,1-3H3,(H,41,46)(H,42,49)(H,43,47)(H,44,48)(H,50,51)(H,52,53)/t25-,26-,29+/m0/s1. The van der Waals surface area contributed by atoms with Gasteiger partial charge in [-0.15, -0.1) is 0 Å². The third-order valence-electron chi connectivity index (χ3n) is 7.91. The van der Waals surface area contributed by atoms with Gasteiger partial charge in [0, 0.05) is 30.9 Å². The number of nitrogens with one attached hydrogen (secondary N) is 5. The van der Waals surface area contributed by atoms with E-state index >= 15 is 0 Å². The number of benzene rings is 2. The van der Waals surface area contributed by atoms with Crippen molar-refractivity contribution in [1.29, 1.82) is 0 Å². The number of pyridine rings is 1. The number of aromatic nitrogens is 1. The number of amides is 4. The highest BCUT2D eigenvalue weighted by atomic mass is 35.5. The van der Waals surface area contributed by atoms with Crippen LogP contribution >= 0.6 is 11.6 Å². The van der Waals surface area contributed by atoms with E-state index in [1.54, 1.807) is 37.6 Å². The minimum atomic E-state index is -5.01. The molecule has 56 heavy (non-hydrogen) atoms. The molecule has 21 heteroatoms. The predicted octanol–water partition coefficient (Wildman–Crippen LogP) is 2.98. The molecule has 3 atom stereocenters. The number of aliphatic carboxylic acids is 1. The van der Waals surface area contributed by atoms with E-state index in [2.05, 4.69) is 26.3 Å². The van der Waals surface area contributed by atoms with Crippen molar-refractivity contribution in [3.8, 4) is 0 Å². The molecule has 3 rings (SSSR count). The summed E-state index contributed by atoms with van der Waals surface area (Å²) in [6.07, 6.45) is -3.51. The Kier molecular flexibility index (Phi) is 15.1. The number of carboxylic acids is 2. The van der Waals surface area contributed by atoms with Gasteiger partial charge in [0.15, 0.2) is 0 Å². The number of hydrogen-bond donors (Lipinski definition) is 7. The van der Waals surface area contributed by atoms with Crippen molar-refractivity contribution >= 4 is 62.9 Å². The molecular formula is C35H38ClF3N6O10S. The number of hydrogen-bond acceptors (Lipinski definition) is 9. The fourth-order valence-electron chi connectivity index (χ4n) is 4.96. The lowest BCUT2D eigenvalue weighted by Crippen LogP contribution is -2.57. The molecule has 0 saturated heterocycles. The molecule has 16 nitrogen and oxygen atoms in total. The summed E-state index contributed by atoms with van der Waals surface area (Å²) in [7, 11) is -4.84. The second-order valence-corrected chi connectivity index (χ2v) is 15.4. The van der Waals surface area contributed by atoms with Crippen molar-refractivity contribution in [1.82, 2.24) is 25.7 Å². The summed E-state index contributed by atoms with van der Waals surface area (Å²) in [5.74, 6) is -6.11. The maximum atomic E-state index is 13.6. The molecule has 1 heterocycles. The van der Waals surface area contributed by atoms with E-state index < -0.39 is 110 Å². The second kappa shape index (κ2) is 18.8. The quantitative estimate of drug-likeness (QED) is 0.104. The molecule has 4 amide bonds. The Balaban J connectivity index is 1.66. The molecule has 0 aliphatic rings. The Hall–Kier alpha value is -5.60. The first-order valence-electron chi connectivity index (χ1n) is 16.5. The maximum Gasteiger partial charge on any atom is 0.417 e. The van der Waals surface area contributed by atoms with Crippen LogP contribution in [-0.2, 0) is 46.6 Å². The molecule has 2 aromatic carbocycles. The normalized spacial score (nSPS) is 13.4. The Morgan fingerprint density at radius 2 is 1.46 bits per heavy atom. The van der Waals surface area contributed by atoms with Gasteiger partial charge in [0.05, 0.1) is 27.6 Å². The number of carboxylic acid groups (broad SMARTS) is 2. The van der Waals surface area contributed by atoms with E-state index in [0.717, 1.165) is 6.07 Å². The summed E-state index contributed by atoms with van der Waals surface area (Å²) in [5.41, 5.74) is -1.52. The van der Waals surface area contributed by atoms with Gasteiger partial charge in [-0.2, -0.15) is 17.9 Å². The zero-order valence-electron chi connectivity index (χ0n) is 29.9. The number of anilines is 1. The molecular weight excluding hydrogens is 789 g/mol. The molecule has 0 aliphatic carbocycles. The lowest BCUT2D eigenvalue weighted by Gasteiger charge is -2.32. The van der Waals surface area contributed by atoms with Gasteiger partial charge in [0.25, 0.3) is 0 Å². The minimum Gasteiger partial charge on any atom is -0.480 e. The average Bonchev–Trinajstić information content (AvgIpc) is 3.10. The van der Waals surface area contributed by atoms with Crippen molar-refractivity contribution < 1.29 is 60.6 Å². The topological polar surface area (TPSA) is 250 Å². The molecule has 1 aromatic heterocycles. The molecule has 0 radical (unpaired) electrons. The Bertz CT molecular complexity index is 2050. The van der Waals surface area contributed by atoms with E-state index in [-0.39, 0.29) is 23.7 Å². The number of carbonyl (C=O) groups is 6. The van der Waals surface area contributed by atoms with Gasteiger partial charge in [-0.25, -0.2) is 13.2 Å². The van der Waals surface area contributed by atoms with E-state index in [0.29, 0.717) is 11.6 Å². The second-order valence-electron chi connectivity index (χ2n) is 13.3. The van der Waals surface area contributed by atoms with Crippen LogP contribution in [0.3, 0.4) is 0 Å². The summed E-state index contributed by atoms with van der Waals surface area (Å²) in [5, 5.41) is 27.9. The van der Waals surface area contributed by atoms with Crippen molar-refractivity contribution in [3.05, 3.63) is 88.7 Å². The van der Waals surface area contributed by atoms with Gasteiger partial charge in [0.2, 0.25) is 33.7 Å². The summed E-state index contributed by atoms with van der Waals surface area (Å²) < 4.78 is 67.0. The number of nitrogens with zero attached hydrogens (tertiary/aromatic N) is 1. The molecule has 3 aromatic rings. The Labute approximate surface area is 323 Å². The van der Waals surface area contributed by atoms with Crippen LogP contribution in [0.5, 0.6) is 0 Å². The lowest BCUT2D eigenvalue weighted by molar-refractivity contribution is -0.139. The molecule has 0 saturated carbocycles. The van der Waals surface area contributed by atoms with E-state index in [1.807, 2.05) is 0 Å². The van der Waals surface area contributed by atoms with E-state index in [1.165, 1.54) is 36.7 Å². The van der Waals surface area contributed by atoms with Crippen molar-refractivity contribution in [2.45, 2.75) is 69.2 Å². The van der Waals surface area contributed by atoms with Crippen LogP contribution in [0.25, 0.3) is 0 Å². The van der Waals surface area contributed by atoms with Crippen LogP contribution in [0.1, 0.15) is 55.1 Å². The van der Waals surface area contributed by atoms with Gasteiger partial charge in [-0.3, -0.25) is 29.0 Å². The molecule has 302 valence electrons. The molecule has 0 fully saturated rings. The zero-order chi connectivity index (χ0) is 42.0. The summed E-state index contributed by atoms with van der Waals surface area (Å²) >= 11 is 5.53. The number of alkyl halides is 3. The minimum absolute atomic E-state index is 0.00894. The van der Waals surface area contributed by atoms with E-state index in [9.17, 15) is 55.5 Å². The highest BCUT2D eigenvalue weighted by Gasteiger charge is 2.37.